The Hall–Kier alpha value is -0.520. The maximum atomic E-state index is 5.68. The molecule has 5 heteroatoms. The van der Waals surface area contributed by atoms with Crippen LogP contribution in [0.4, 0.5) is 0 Å². The van der Waals surface area contributed by atoms with Gasteiger partial charge in [-0.15, -0.1) is 0 Å². The second-order valence-electron chi connectivity index (χ2n) is 4.44. The zero-order valence-electron chi connectivity index (χ0n) is 10.0. The SMILES string of the molecule is Cc1nc(SN2CCC(CN)CC2)cn1C. The fraction of sp³-hybridized carbons (Fsp3) is 0.727. The van der Waals surface area contributed by atoms with E-state index in [1.54, 1.807) is 11.9 Å². The molecule has 2 N–H and O–H groups in total. The molecule has 0 bridgehead atoms. The molecule has 0 amide bonds. The minimum atomic E-state index is 0.724. The summed E-state index contributed by atoms with van der Waals surface area (Å²) < 4.78 is 4.46. The fourth-order valence-electron chi connectivity index (χ4n) is 1.94. The molecule has 1 fully saturated rings. The zero-order chi connectivity index (χ0) is 11.5. The van der Waals surface area contributed by atoms with E-state index in [0.717, 1.165) is 36.4 Å². The third-order valence-electron chi connectivity index (χ3n) is 3.22. The number of imidazole rings is 1. The average molecular weight is 240 g/mol. The normalized spacial score (nSPS) is 19.2. The lowest BCUT2D eigenvalue weighted by atomic mass is 9.99. The summed E-state index contributed by atoms with van der Waals surface area (Å²) in [4.78, 5) is 4.50. The molecule has 0 aromatic carbocycles. The summed E-state index contributed by atoms with van der Waals surface area (Å²) in [6.07, 6.45) is 4.53. The minimum Gasteiger partial charge on any atom is -0.337 e. The third kappa shape index (κ3) is 2.78. The van der Waals surface area contributed by atoms with Crippen molar-refractivity contribution >= 4 is 11.9 Å². The maximum Gasteiger partial charge on any atom is 0.129 e. The van der Waals surface area contributed by atoms with Gasteiger partial charge in [-0.3, -0.25) is 0 Å². The van der Waals surface area contributed by atoms with Crippen LogP contribution < -0.4 is 5.73 Å². The summed E-state index contributed by atoms with van der Waals surface area (Å²) in [5.74, 6) is 1.79. The number of rotatable bonds is 3. The van der Waals surface area contributed by atoms with Gasteiger partial charge in [0.15, 0.2) is 0 Å². The van der Waals surface area contributed by atoms with E-state index in [0.29, 0.717) is 0 Å². The number of aromatic nitrogens is 2. The Morgan fingerprint density at radius 3 is 2.69 bits per heavy atom. The second-order valence-corrected chi connectivity index (χ2v) is 5.55. The molecule has 4 nitrogen and oxygen atoms in total. The molecule has 1 aliphatic heterocycles. The lowest BCUT2D eigenvalue weighted by molar-refractivity contribution is 0.296. The van der Waals surface area contributed by atoms with Gasteiger partial charge in [0.05, 0.1) is 0 Å². The highest BCUT2D eigenvalue weighted by molar-refractivity contribution is 7.97. The van der Waals surface area contributed by atoms with Gasteiger partial charge in [0, 0.05) is 26.3 Å². The molecular formula is C11H20N4S. The molecule has 0 atom stereocenters. The number of hydrogen-bond acceptors (Lipinski definition) is 4. The summed E-state index contributed by atoms with van der Waals surface area (Å²) in [5, 5.41) is 1.10. The number of piperidine rings is 1. The summed E-state index contributed by atoms with van der Waals surface area (Å²) >= 11 is 1.77. The molecule has 1 saturated heterocycles. The first-order valence-electron chi connectivity index (χ1n) is 5.82. The molecule has 0 aliphatic carbocycles. The molecule has 2 rings (SSSR count). The van der Waals surface area contributed by atoms with Crippen LogP contribution in [0.3, 0.4) is 0 Å². The van der Waals surface area contributed by atoms with Crippen molar-refractivity contribution in [1.82, 2.24) is 13.9 Å². The van der Waals surface area contributed by atoms with Gasteiger partial charge in [-0.05, 0) is 44.2 Å². The Balaban J connectivity index is 1.87. The number of nitrogens with zero attached hydrogens (tertiary/aromatic N) is 3. The molecule has 0 spiro atoms. The van der Waals surface area contributed by atoms with Crippen LogP contribution in [0.5, 0.6) is 0 Å². The zero-order valence-corrected chi connectivity index (χ0v) is 10.8. The highest BCUT2D eigenvalue weighted by Gasteiger charge is 2.19. The molecule has 90 valence electrons. The average Bonchev–Trinajstić information content (AvgIpc) is 2.59. The predicted molar refractivity (Wildman–Crippen MR) is 67.2 cm³/mol. The minimum absolute atomic E-state index is 0.724. The van der Waals surface area contributed by atoms with Crippen LogP contribution in [0.25, 0.3) is 0 Å². The van der Waals surface area contributed by atoms with Crippen LogP contribution in [0.15, 0.2) is 11.2 Å². The van der Waals surface area contributed by atoms with Gasteiger partial charge in [0.25, 0.3) is 0 Å². The van der Waals surface area contributed by atoms with E-state index in [4.69, 9.17) is 5.73 Å². The van der Waals surface area contributed by atoms with Gasteiger partial charge in [0.1, 0.15) is 10.9 Å². The molecule has 16 heavy (non-hydrogen) atoms. The van der Waals surface area contributed by atoms with Crippen LogP contribution in [-0.2, 0) is 7.05 Å². The second kappa shape index (κ2) is 5.21. The molecule has 0 unspecified atom stereocenters. The van der Waals surface area contributed by atoms with Crippen molar-refractivity contribution in [3.63, 3.8) is 0 Å². The molecular weight excluding hydrogens is 220 g/mol. The monoisotopic (exact) mass is 240 g/mol. The summed E-state index contributed by atoms with van der Waals surface area (Å²) in [5.41, 5.74) is 5.68. The smallest absolute Gasteiger partial charge is 0.129 e. The van der Waals surface area contributed by atoms with Gasteiger partial charge in [-0.2, -0.15) is 0 Å². The first kappa shape index (κ1) is 12.0. The van der Waals surface area contributed by atoms with Crippen molar-refractivity contribution < 1.29 is 0 Å². The van der Waals surface area contributed by atoms with E-state index < -0.39 is 0 Å². The lowest BCUT2D eigenvalue weighted by Gasteiger charge is -2.29. The van der Waals surface area contributed by atoms with E-state index in [1.807, 2.05) is 14.0 Å². The van der Waals surface area contributed by atoms with Gasteiger partial charge < -0.3 is 10.3 Å². The van der Waals surface area contributed by atoms with E-state index in [9.17, 15) is 0 Å². The summed E-state index contributed by atoms with van der Waals surface area (Å²) in [6.45, 7) is 5.12. The van der Waals surface area contributed by atoms with Gasteiger partial charge >= 0.3 is 0 Å². The number of nitrogens with two attached hydrogens (primary N) is 1. The lowest BCUT2D eigenvalue weighted by Crippen LogP contribution is -2.31. The first-order valence-corrected chi connectivity index (χ1v) is 6.59. The van der Waals surface area contributed by atoms with Crippen molar-refractivity contribution in [2.24, 2.45) is 18.7 Å². The van der Waals surface area contributed by atoms with Gasteiger partial charge in [-0.25, -0.2) is 9.29 Å². The highest BCUT2D eigenvalue weighted by atomic mass is 32.2. The Labute approximate surface area is 101 Å². The molecule has 2 heterocycles. The topological polar surface area (TPSA) is 47.1 Å². The van der Waals surface area contributed by atoms with E-state index in [2.05, 4.69) is 20.1 Å². The number of hydrogen-bond donors (Lipinski definition) is 1. The Morgan fingerprint density at radius 2 is 2.19 bits per heavy atom. The van der Waals surface area contributed by atoms with Crippen molar-refractivity contribution in [2.45, 2.75) is 24.8 Å². The summed E-state index contributed by atoms with van der Waals surface area (Å²) in [6, 6.07) is 0. The summed E-state index contributed by atoms with van der Waals surface area (Å²) in [7, 11) is 2.03. The highest BCUT2D eigenvalue weighted by Crippen LogP contribution is 2.27. The Morgan fingerprint density at radius 1 is 1.50 bits per heavy atom. The Kier molecular flexibility index (Phi) is 3.89. The van der Waals surface area contributed by atoms with Crippen molar-refractivity contribution in [1.29, 1.82) is 0 Å². The van der Waals surface area contributed by atoms with Crippen molar-refractivity contribution in [2.75, 3.05) is 19.6 Å². The van der Waals surface area contributed by atoms with Gasteiger partial charge in [0.2, 0.25) is 0 Å². The van der Waals surface area contributed by atoms with Crippen LogP contribution >= 0.6 is 11.9 Å². The first-order chi connectivity index (χ1) is 7.69. The van der Waals surface area contributed by atoms with Crippen LogP contribution in [0, 0.1) is 12.8 Å². The van der Waals surface area contributed by atoms with Crippen LogP contribution in [-0.4, -0.2) is 33.5 Å². The molecule has 0 radical (unpaired) electrons. The molecule has 1 aliphatic rings. The van der Waals surface area contributed by atoms with Gasteiger partial charge in [-0.1, -0.05) is 0 Å². The van der Waals surface area contributed by atoms with Crippen molar-refractivity contribution in [3.8, 4) is 0 Å². The van der Waals surface area contributed by atoms with Crippen LogP contribution in [0.2, 0.25) is 0 Å². The molecule has 1 aromatic rings. The third-order valence-corrected chi connectivity index (χ3v) is 4.22. The van der Waals surface area contributed by atoms with Crippen LogP contribution in [0.1, 0.15) is 18.7 Å². The predicted octanol–water partition coefficient (Wildman–Crippen LogP) is 1.41. The number of aryl methyl sites for hydroxylation is 2. The van der Waals surface area contributed by atoms with E-state index >= 15 is 0 Å². The maximum absolute atomic E-state index is 5.68. The van der Waals surface area contributed by atoms with E-state index in [1.165, 1.54) is 12.8 Å². The van der Waals surface area contributed by atoms with E-state index in [-0.39, 0.29) is 0 Å². The Bertz CT molecular complexity index is 322. The molecule has 1 aromatic heterocycles. The molecule has 0 saturated carbocycles. The quantitative estimate of drug-likeness (QED) is 0.811. The standard InChI is InChI=1S/C11H20N4S/c1-9-13-11(8-14(9)2)16-15-5-3-10(7-12)4-6-15/h8,10H,3-7,12H2,1-2H3. The fourth-order valence-corrected chi connectivity index (χ4v) is 2.97. The largest absolute Gasteiger partial charge is 0.337 e. The van der Waals surface area contributed by atoms with Crippen molar-refractivity contribution in [3.05, 3.63) is 12.0 Å².